The Bertz CT molecular complexity index is 711. The highest BCUT2D eigenvalue weighted by molar-refractivity contribution is 6.30. The summed E-state index contributed by atoms with van der Waals surface area (Å²) in [5, 5.41) is 3.33. The molecule has 0 unspecified atom stereocenters. The standard InChI is InChI=1S/C18H18ClNO3/c1-12-3-8-16(13(2)9-12)18(22)23-11-17(21)20-10-14-4-6-15(19)7-5-14/h3-9H,10-11H2,1-2H3,(H,20,21). The summed E-state index contributed by atoms with van der Waals surface area (Å²) in [6, 6.07) is 12.6. The zero-order valence-corrected chi connectivity index (χ0v) is 13.8. The van der Waals surface area contributed by atoms with Gasteiger partial charge in [-0.25, -0.2) is 4.79 Å². The smallest absolute Gasteiger partial charge is 0.338 e. The van der Waals surface area contributed by atoms with Gasteiger partial charge in [0.2, 0.25) is 0 Å². The fraction of sp³-hybridized carbons (Fsp3) is 0.222. The van der Waals surface area contributed by atoms with Gasteiger partial charge in [-0.2, -0.15) is 0 Å². The Morgan fingerprint density at radius 1 is 1.09 bits per heavy atom. The van der Waals surface area contributed by atoms with Crippen molar-refractivity contribution in [1.29, 1.82) is 0 Å². The van der Waals surface area contributed by atoms with E-state index in [1.807, 2.05) is 38.1 Å². The molecule has 1 N–H and O–H groups in total. The fourth-order valence-electron chi connectivity index (χ4n) is 2.11. The third-order valence-corrected chi connectivity index (χ3v) is 3.59. The molecule has 4 nitrogen and oxygen atoms in total. The summed E-state index contributed by atoms with van der Waals surface area (Å²) >= 11 is 5.79. The van der Waals surface area contributed by atoms with Gasteiger partial charge in [0, 0.05) is 11.6 Å². The van der Waals surface area contributed by atoms with Gasteiger partial charge >= 0.3 is 5.97 Å². The van der Waals surface area contributed by atoms with Gasteiger partial charge in [0.1, 0.15) is 0 Å². The average molecular weight is 332 g/mol. The van der Waals surface area contributed by atoms with E-state index in [1.54, 1.807) is 18.2 Å². The molecule has 0 heterocycles. The zero-order valence-electron chi connectivity index (χ0n) is 13.1. The second-order valence-electron chi connectivity index (χ2n) is 5.30. The van der Waals surface area contributed by atoms with Gasteiger partial charge < -0.3 is 10.1 Å². The number of amides is 1. The topological polar surface area (TPSA) is 55.4 Å². The molecule has 0 aliphatic rings. The van der Waals surface area contributed by atoms with E-state index in [-0.39, 0.29) is 12.5 Å². The van der Waals surface area contributed by atoms with E-state index in [4.69, 9.17) is 16.3 Å². The molecule has 2 rings (SSSR count). The first-order valence-corrected chi connectivity index (χ1v) is 7.59. The maximum atomic E-state index is 12.0. The third-order valence-electron chi connectivity index (χ3n) is 3.34. The minimum absolute atomic E-state index is 0.306. The quantitative estimate of drug-likeness (QED) is 0.854. The summed E-state index contributed by atoms with van der Waals surface area (Å²) in [6.07, 6.45) is 0. The first kappa shape index (κ1) is 17.0. The number of nitrogens with one attached hydrogen (secondary N) is 1. The molecule has 5 heteroatoms. The second kappa shape index (κ2) is 7.79. The maximum absolute atomic E-state index is 12.0. The van der Waals surface area contributed by atoms with E-state index < -0.39 is 5.97 Å². The van der Waals surface area contributed by atoms with Crippen molar-refractivity contribution in [3.63, 3.8) is 0 Å². The number of benzene rings is 2. The van der Waals surface area contributed by atoms with Gasteiger partial charge in [0.25, 0.3) is 5.91 Å². The minimum Gasteiger partial charge on any atom is -0.452 e. The summed E-state index contributed by atoms with van der Waals surface area (Å²) in [4.78, 5) is 23.7. The molecular formula is C18H18ClNO3. The molecule has 0 aromatic heterocycles. The molecule has 0 aliphatic carbocycles. The number of carbonyl (C=O) groups is 2. The number of hydrogen-bond donors (Lipinski definition) is 1. The predicted molar refractivity (Wildman–Crippen MR) is 89.5 cm³/mol. The second-order valence-corrected chi connectivity index (χ2v) is 5.73. The van der Waals surface area contributed by atoms with Crippen LogP contribution in [0.15, 0.2) is 42.5 Å². The van der Waals surface area contributed by atoms with E-state index in [9.17, 15) is 9.59 Å². The van der Waals surface area contributed by atoms with Crippen molar-refractivity contribution < 1.29 is 14.3 Å². The molecule has 2 aromatic carbocycles. The van der Waals surface area contributed by atoms with Crippen LogP contribution in [0.5, 0.6) is 0 Å². The Morgan fingerprint density at radius 3 is 2.43 bits per heavy atom. The summed E-state index contributed by atoms with van der Waals surface area (Å²) in [6.45, 7) is 3.84. The molecule has 2 aromatic rings. The lowest BCUT2D eigenvalue weighted by molar-refractivity contribution is -0.124. The summed E-state index contributed by atoms with van der Waals surface area (Å²) < 4.78 is 5.05. The van der Waals surface area contributed by atoms with Crippen molar-refractivity contribution in [2.75, 3.05) is 6.61 Å². The number of aryl methyl sites for hydroxylation is 2. The Labute approximate surface area is 140 Å². The van der Waals surface area contributed by atoms with Crippen molar-refractivity contribution in [2.24, 2.45) is 0 Å². The minimum atomic E-state index is -0.496. The van der Waals surface area contributed by atoms with Gasteiger partial charge in [0.05, 0.1) is 5.56 Å². The fourth-order valence-corrected chi connectivity index (χ4v) is 2.23. The van der Waals surface area contributed by atoms with Crippen molar-refractivity contribution in [1.82, 2.24) is 5.32 Å². The van der Waals surface area contributed by atoms with Crippen LogP contribution in [0.1, 0.15) is 27.0 Å². The number of rotatable bonds is 5. The highest BCUT2D eigenvalue weighted by Gasteiger charge is 2.12. The first-order chi connectivity index (χ1) is 11.0. The zero-order chi connectivity index (χ0) is 16.8. The predicted octanol–water partition coefficient (Wildman–Crippen LogP) is 3.43. The van der Waals surface area contributed by atoms with Crippen molar-refractivity contribution in [2.45, 2.75) is 20.4 Å². The molecule has 0 bridgehead atoms. The summed E-state index contributed by atoms with van der Waals surface area (Å²) in [7, 11) is 0. The monoisotopic (exact) mass is 331 g/mol. The molecule has 0 fully saturated rings. The van der Waals surface area contributed by atoms with Crippen molar-refractivity contribution in [3.05, 3.63) is 69.7 Å². The summed E-state index contributed by atoms with van der Waals surface area (Å²) in [5.41, 5.74) is 3.29. The van der Waals surface area contributed by atoms with Crippen LogP contribution in [-0.4, -0.2) is 18.5 Å². The van der Waals surface area contributed by atoms with Crippen LogP contribution in [0.4, 0.5) is 0 Å². The van der Waals surface area contributed by atoms with E-state index in [1.165, 1.54) is 0 Å². The lowest BCUT2D eigenvalue weighted by atomic mass is 10.1. The molecule has 1 amide bonds. The molecule has 0 spiro atoms. The molecular weight excluding hydrogens is 314 g/mol. The maximum Gasteiger partial charge on any atom is 0.338 e. The molecule has 0 atom stereocenters. The highest BCUT2D eigenvalue weighted by atomic mass is 35.5. The molecule has 0 aliphatic heterocycles. The summed E-state index contributed by atoms with van der Waals surface area (Å²) in [5.74, 6) is -0.845. The largest absolute Gasteiger partial charge is 0.452 e. The van der Waals surface area contributed by atoms with E-state index in [0.29, 0.717) is 17.1 Å². The van der Waals surface area contributed by atoms with Crippen molar-refractivity contribution >= 4 is 23.5 Å². The number of hydrogen-bond acceptors (Lipinski definition) is 3. The molecule has 0 saturated heterocycles. The van der Waals surface area contributed by atoms with Crippen LogP contribution >= 0.6 is 11.6 Å². The number of ether oxygens (including phenoxy) is 1. The molecule has 0 saturated carbocycles. The van der Waals surface area contributed by atoms with Crippen LogP contribution in [0.25, 0.3) is 0 Å². The van der Waals surface area contributed by atoms with E-state index >= 15 is 0 Å². The normalized spacial score (nSPS) is 10.2. The molecule has 120 valence electrons. The first-order valence-electron chi connectivity index (χ1n) is 7.21. The van der Waals surface area contributed by atoms with Crippen LogP contribution in [0.2, 0.25) is 5.02 Å². The molecule has 23 heavy (non-hydrogen) atoms. The van der Waals surface area contributed by atoms with Crippen molar-refractivity contribution in [3.8, 4) is 0 Å². The van der Waals surface area contributed by atoms with Crippen LogP contribution in [0, 0.1) is 13.8 Å². The Kier molecular flexibility index (Phi) is 5.77. The SMILES string of the molecule is Cc1ccc(C(=O)OCC(=O)NCc2ccc(Cl)cc2)c(C)c1. The Hall–Kier alpha value is -2.33. The van der Waals surface area contributed by atoms with Gasteiger partial charge in [-0.1, -0.05) is 41.4 Å². The van der Waals surface area contributed by atoms with Crippen LogP contribution in [-0.2, 0) is 16.1 Å². The lowest BCUT2D eigenvalue weighted by Gasteiger charge is -2.09. The Morgan fingerprint density at radius 2 is 1.78 bits per heavy atom. The highest BCUT2D eigenvalue weighted by Crippen LogP contribution is 2.12. The van der Waals surface area contributed by atoms with Gasteiger partial charge in [-0.3, -0.25) is 4.79 Å². The van der Waals surface area contributed by atoms with Gasteiger partial charge in [-0.05, 0) is 43.2 Å². The van der Waals surface area contributed by atoms with E-state index in [2.05, 4.69) is 5.32 Å². The third kappa shape index (κ3) is 5.11. The Balaban J connectivity index is 1.81. The lowest BCUT2D eigenvalue weighted by Crippen LogP contribution is -2.28. The van der Waals surface area contributed by atoms with Gasteiger partial charge in [-0.15, -0.1) is 0 Å². The number of esters is 1. The van der Waals surface area contributed by atoms with Gasteiger partial charge in [0.15, 0.2) is 6.61 Å². The number of carbonyl (C=O) groups excluding carboxylic acids is 2. The number of halogens is 1. The molecule has 0 radical (unpaired) electrons. The average Bonchev–Trinajstić information content (AvgIpc) is 2.52. The van der Waals surface area contributed by atoms with Crippen LogP contribution in [0.3, 0.4) is 0 Å². The van der Waals surface area contributed by atoms with Crippen LogP contribution < -0.4 is 5.32 Å². The van der Waals surface area contributed by atoms with E-state index in [0.717, 1.165) is 16.7 Å².